The molecular weight excluding hydrogens is 222 g/mol. The highest BCUT2D eigenvalue weighted by Gasteiger charge is 2.10. The lowest BCUT2D eigenvalue weighted by Crippen LogP contribution is -2.37. The van der Waals surface area contributed by atoms with Gasteiger partial charge in [-0.05, 0) is 42.9 Å². The maximum atomic E-state index is 13.0. The van der Waals surface area contributed by atoms with Gasteiger partial charge in [0.15, 0.2) is 11.6 Å². The van der Waals surface area contributed by atoms with Crippen LogP contribution in [0.15, 0.2) is 18.2 Å². The van der Waals surface area contributed by atoms with E-state index < -0.39 is 11.6 Å². The van der Waals surface area contributed by atoms with Crippen LogP contribution in [0.3, 0.4) is 0 Å². The number of rotatable bonds is 6. The van der Waals surface area contributed by atoms with Crippen LogP contribution in [0.4, 0.5) is 8.78 Å². The summed E-state index contributed by atoms with van der Waals surface area (Å²) in [5, 5.41) is 0. The first-order valence-corrected chi connectivity index (χ1v) is 5.93. The molecule has 3 N–H and O–H groups in total. The maximum absolute atomic E-state index is 13.0. The van der Waals surface area contributed by atoms with Gasteiger partial charge in [0.05, 0.1) is 0 Å². The second-order valence-corrected chi connectivity index (χ2v) is 4.79. The van der Waals surface area contributed by atoms with E-state index in [1.807, 2.05) is 0 Å². The van der Waals surface area contributed by atoms with Gasteiger partial charge in [-0.25, -0.2) is 8.78 Å². The van der Waals surface area contributed by atoms with E-state index in [1.54, 1.807) is 6.07 Å². The Morgan fingerprint density at radius 1 is 1.18 bits per heavy atom. The van der Waals surface area contributed by atoms with E-state index in [2.05, 4.69) is 19.3 Å². The van der Waals surface area contributed by atoms with E-state index in [-0.39, 0.29) is 6.04 Å². The number of hydrogen-bond acceptors (Lipinski definition) is 2. The van der Waals surface area contributed by atoms with Gasteiger partial charge in [0.1, 0.15) is 0 Å². The van der Waals surface area contributed by atoms with Crippen molar-refractivity contribution in [3.63, 3.8) is 0 Å². The molecule has 0 heterocycles. The van der Waals surface area contributed by atoms with Crippen molar-refractivity contribution in [2.75, 3.05) is 0 Å². The summed E-state index contributed by atoms with van der Waals surface area (Å²) >= 11 is 0. The molecule has 0 spiro atoms. The van der Waals surface area contributed by atoms with Crippen LogP contribution in [-0.2, 0) is 6.42 Å². The zero-order valence-corrected chi connectivity index (χ0v) is 10.3. The van der Waals surface area contributed by atoms with Gasteiger partial charge in [0.2, 0.25) is 0 Å². The summed E-state index contributed by atoms with van der Waals surface area (Å²) in [6.45, 7) is 4.29. The summed E-state index contributed by atoms with van der Waals surface area (Å²) < 4.78 is 25.8. The van der Waals surface area contributed by atoms with Crippen LogP contribution in [0, 0.1) is 17.6 Å². The average Bonchev–Trinajstić information content (AvgIpc) is 2.28. The summed E-state index contributed by atoms with van der Waals surface area (Å²) in [4.78, 5) is 0. The first-order valence-electron chi connectivity index (χ1n) is 5.93. The van der Waals surface area contributed by atoms with E-state index in [9.17, 15) is 8.78 Å². The molecule has 0 amide bonds. The zero-order valence-electron chi connectivity index (χ0n) is 10.3. The Morgan fingerprint density at radius 2 is 1.88 bits per heavy atom. The van der Waals surface area contributed by atoms with Crippen LogP contribution in [0.5, 0.6) is 0 Å². The summed E-state index contributed by atoms with van der Waals surface area (Å²) in [7, 11) is 0. The third-order valence-corrected chi connectivity index (χ3v) is 2.79. The van der Waals surface area contributed by atoms with Crippen LogP contribution in [-0.4, -0.2) is 6.04 Å². The van der Waals surface area contributed by atoms with Gasteiger partial charge in [-0.2, -0.15) is 0 Å². The molecule has 0 saturated carbocycles. The van der Waals surface area contributed by atoms with Gasteiger partial charge in [0, 0.05) is 6.04 Å². The van der Waals surface area contributed by atoms with E-state index in [4.69, 9.17) is 5.84 Å². The van der Waals surface area contributed by atoms with Gasteiger partial charge in [-0.15, -0.1) is 0 Å². The molecule has 96 valence electrons. The van der Waals surface area contributed by atoms with Gasteiger partial charge < -0.3 is 0 Å². The van der Waals surface area contributed by atoms with Gasteiger partial charge in [-0.1, -0.05) is 19.9 Å². The van der Waals surface area contributed by atoms with Crippen LogP contribution in [0.25, 0.3) is 0 Å². The van der Waals surface area contributed by atoms with E-state index in [1.165, 1.54) is 6.07 Å². The fourth-order valence-electron chi connectivity index (χ4n) is 1.73. The molecule has 0 aliphatic rings. The number of benzene rings is 1. The number of halogens is 2. The fraction of sp³-hybridized carbons (Fsp3) is 0.538. The normalized spacial score (nSPS) is 13.1. The molecule has 0 fully saturated rings. The Balaban J connectivity index is 2.57. The van der Waals surface area contributed by atoms with Crippen molar-refractivity contribution in [2.24, 2.45) is 11.8 Å². The van der Waals surface area contributed by atoms with E-state index >= 15 is 0 Å². The summed E-state index contributed by atoms with van der Waals surface area (Å²) in [5.41, 5.74) is 3.48. The lowest BCUT2D eigenvalue weighted by atomic mass is 9.98. The van der Waals surface area contributed by atoms with Crippen molar-refractivity contribution in [3.8, 4) is 0 Å². The molecule has 2 nitrogen and oxygen atoms in total. The summed E-state index contributed by atoms with van der Waals surface area (Å²) in [5.74, 6) is 4.45. The standard InChI is InChI=1S/C13H20F2N2/c1-9(2)3-5-11(17-16)7-10-4-6-12(14)13(15)8-10/h4,6,8-9,11,17H,3,5,7,16H2,1-2H3. The minimum Gasteiger partial charge on any atom is -0.271 e. The number of hydrogen-bond donors (Lipinski definition) is 2. The summed E-state index contributed by atoms with van der Waals surface area (Å²) in [6.07, 6.45) is 2.59. The Morgan fingerprint density at radius 3 is 2.41 bits per heavy atom. The van der Waals surface area contributed by atoms with Crippen LogP contribution in [0.2, 0.25) is 0 Å². The zero-order chi connectivity index (χ0) is 12.8. The Labute approximate surface area is 101 Å². The van der Waals surface area contributed by atoms with Crippen LogP contribution in [0.1, 0.15) is 32.3 Å². The predicted molar refractivity (Wildman–Crippen MR) is 65.2 cm³/mol. The van der Waals surface area contributed by atoms with Crippen molar-refractivity contribution >= 4 is 0 Å². The third kappa shape index (κ3) is 4.79. The minimum atomic E-state index is -0.812. The monoisotopic (exact) mass is 242 g/mol. The number of nitrogens with two attached hydrogens (primary N) is 1. The second kappa shape index (κ2) is 6.67. The molecule has 0 saturated heterocycles. The number of nitrogens with one attached hydrogen (secondary N) is 1. The molecule has 4 heteroatoms. The molecule has 0 bridgehead atoms. The lowest BCUT2D eigenvalue weighted by molar-refractivity contribution is 0.432. The predicted octanol–water partition coefficient (Wildman–Crippen LogP) is 2.78. The Kier molecular flexibility index (Phi) is 5.51. The molecule has 0 aliphatic carbocycles. The quantitative estimate of drug-likeness (QED) is 0.594. The molecule has 0 aliphatic heterocycles. The minimum absolute atomic E-state index is 0.0993. The molecule has 1 aromatic rings. The largest absolute Gasteiger partial charge is 0.271 e. The fourth-order valence-corrected chi connectivity index (χ4v) is 1.73. The highest BCUT2D eigenvalue weighted by molar-refractivity contribution is 5.18. The molecular formula is C13H20F2N2. The van der Waals surface area contributed by atoms with Crippen molar-refractivity contribution < 1.29 is 8.78 Å². The Bertz CT molecular complexity index is 353. The van der Waals surface area contributed by atoms with Crippen molar-refractivity contribution in [3.05, 3.63) is 35.4 Å². The van der Waals surface area contributed by atoms with Crippen LogP contribution >= 0.6 is 0 Å². The first-order chi connectivity index (χ1) is 8.02. The van der Waals surface area contributed by atoms with Gasteiger partial charge in [-0.3, -0.25) is 11.3 Å². The first kappa shape index (κ1) is 14.1. The molecule has 1 atom stereocenters. The number of hydrazine groups is 1. The third-order valence-electron chi connectivity index (χ3n) is 2.79. The van der Waals surface area contributed by atoms with Gasteiger partial charge >= 0.3 is 0 Å². The highest BCUT2D eigenvalue weighted by Crippen LogP contribution is 2.14. The topological polar surface area (TPSA) is 38.0 Å². The maximum Gasteiger partial charge on any atom is 0.159 e. The summed E-state index contributed by atoms with van der Waals surface area (Å²) in [6, 6.07) is 4.08. The SMILES string of the molecule is CC(C)CCC(Cc1ccc(F)c(F)c1)NN. The lowest BCUT2D eigenvalue weighted by Gasteiger charge is -2.17. The second-order valence-electron chi connectivity index (χ2n) is 4.79. The smallest absolute Gasteiger partial charge is 0.159 e. The molecule has 1 rings (SSSR count). The molecule has 0 aromatic heterocycles. The molecule has 1 aromatic carbocycles. The van der Waals surface area contributed by atoms with E-state index in [0.29, 0.717) is 12.3 Å². The molecule has 0 radical (unpaired) electrons. The van der Waals surface area contributed by atoms with Crippen molar-refractivity contribution in [1.29, 1.82) is 0 Å². The van der Waals surface area contributed by atoms with E-state index in [0.717, 1.165) is 24.5 Å². The van der Waals surface area contributed by atoms with Crippen molar-refractivity contribution in [2.45, 2.75) is 39.2 Å². The Hall–Kier alpha value is -1.00. The van der Waals surface area contributed by atoms with Crippen molar-refractivity contribution in [1.82, 2.24) is 5.43 Å². The van der Waals surface area contributed by atoms with Crippen LogP contribution < -0.4 is 11.3 Å². The molecule has 1 unspecified atom stereocenters. The molecule has 17 heavy (non-hydrogen) atoms. The highest BCUT2D eigenvalue weighted by atomic mass is 19.2. The average molecular weight is 242 g/mol. The van der Waals surface area contributed by atoms with Gasteiger partial charge in [0.25, 0.3) is 0 Å².